The molecule has 0 spiro atoms. The SMILES string of the molecule is COc1ccc2ccccc2c1CCC(=O)c1cccs1. The van der Waals surface area contributed by atoms with E-state index in [2.05, 4.69) is 18.2 Å². The van der Waals surface area contributed by atoms with Crippen molar-refractivity contribution in [3.63, 3.8) is 0 Å². The highest BCUT2D eigenvalue weighted by molar-refractivity contribution is 7.12. The fourth-order valence-electron chi connectivity index (χ4n) is 2.56. The lowest BCUT2D eigenvalue weighted by atomic mass is 9.98. The van der Waals surface area contributed by atoms with Crippen molar-refractivity contribution >= 4 is 27.9 Å². The van der Waals surface area contributed by atoms with Gasteiger partial charge in [-0.2, -0.15) is 0 Å². The highest BCUT2D eigenvalue weighted by Crippen LogP contribution is 2.29. The molecule has 1 heterocycles. The lowest BCUT2D eigenvalue weighted by Gasteiger charge is -2.11. The van der Waals surface area contributed by atoms with Crippen LogP contribution in [0.1, 0.15) is 21.7 Å². The average Bonchev–Trinajstić information content (AvgIpc) is 3.06. The van der Waals surface area contributed by atoms with Crippen LogP contribution in [0.25, 0.3) is 10.8 Å². The Bertz CT molecular complexity index is 760. The number of methoxy groups -OCH3 is 1. The van der Waals surface area contributed by atoms with Gasteiger partial charge >= 0.3 is 0 Å². The first kappa shape index (κ1) is 13.8. The summed E-state index contributed by atoms with van der Waals surface area (Å²) in [5.74, 6) is 1.05. The van der Waals surface area contributed by atoms with Crippen LogP contribution >= 0.6 is 11.3 Å². The summed E-state index contributed by atoms with van der Waals surface area (Å²) >= 11 is 1.50. The number of aryl methyl sites for hydroxylation is 1. The molecule has 3 aromatic rings. The molecule has 21 heavy (non-hydrogen) atoms. The van der Waals surface area contributed by atoms with E-state index in [1.165, 1.54) is 16.7 Å². The molecule has 0 aliphatic carbocycles. The van der Waals surface area contributed by atoms with Crippen LogP contribution in [-0.4, -0.2) is 12.9 Å². The van der Waals surface area contributed by atoms with Gasteiger partial charge in [0.25, 0.3) is 0 Å². The Kier molecular flexibility index (Phi) is 4.02. The van der Waals surface area contributed by atoms with E-state index in [1.807, 2.05) is 35.7 Å². The summed E-state index contributed by atoms with van der Waals surface area (Å²) in [7, 11) is 1.68. The van der Waals surface area contributed by atoms with Crippen LogP contribution in [0.5, 0.6) is 5.75 Å². The second-order valence-corrected chi connectivity index (χ2v) is 5.82. The standard InChI is InChI=1S/C18H16O2S/c1-20-17-11-8-13-5-2-3-6-14(13)15(17)9-10-16(19)18-7-4-12-21-18/h2-8,11-12H,9-10H2,1H3. The van der Waals surface area contributed by atoms with Crippen molar-refractivity contribution in [1.29, 1.82) is 0 Å². The molecule has 0 amide bonds. The van der Waals surface area contributed by atoms with Crippen molar-refractivity contribution in [3.05, 3.63) is 64.4 Å². The van der Waals surface area contributed by atoms with E-state index in [9.17, 15) is 4.79 Å². The fourth-order valence-corrected chi connectivity index (χ4v) is 3.26. The van der Waals surface area contributed by atoms with E-state index in [4.69, 9.17) is 4.74 Å². The number of ether oxygens (including phenoxy) is 1. The molecule has 2 aromatic carbocycles. The zero-order valence-corrected chi connectivity index (χ0v) is 12.7. The number of carbonyl (C=O) groups excluding carboxylic acids is 1. The molecule has 106 valence electrons. The number of thiophene rings is 1. The number of ketones is 1. The van der Waals surface area contributed by atoms with Gasteiger partial charge in [0.15, 0.2) is 5.78 Å². The predicted octanol–water partition coefficient (Wildman–Crippen LogP) is 4.73. The molecular weight excluding hydrogens is 280 g/mol. The van der Waals surface area contributed by atoms with Gasteiger partial charge < -0.3 is 4.74 Å². The molecule has 0 aliphatic rings. The Balaban J connectivity index is 1.90. The lowest BCUT2D eigenvalue weighted by Crippen LogP contribution is -2.01. The molecule has 1 aromatic heterocycles. The molecule has 0 aliphatic heterocycles. The van der Waals surface area contributed by atoms with Crippen LogP contribution in [0, 0.1) is 0 Å². The van der Waals surface area contributed by atoms with E-state index >= 15 is 0 Å². The predicted molar refractivity (Wildman–Crippen MR) is 87.5 cm³/mol. The monoisotopic (exact) mass is 296 g/mol. The first-order valence-electron chi connectivity index (χ1n) is 6.91. The quantitative estimate of drug-likeness (QED) is 0.636. The van der Waals surface area contributed by atoms with Crippen LogP contribution in [0.4, 0.5) is 0 Å². The summed E-state index contributed by atoms with van der Waals surface area (Å²) in [5.41, 5.74) is 1.11. The van der Waals surface area contributed by atoms with E-state index in [0.717, 1.165) is 21.6 Å². The zero-order chi connectivity index (χ0) is 14.7. The molecule has 0 bridgehead atoms. The fraction of sp³-hybridized carbons (Fsp3) is 0.167. The van der Waals surface area contributed by atoms with Crippen LogP contribution in [-0.2, 0) is 6.42 Å². The third-order valence-corrected chi connectivity index (χ3v) is 4.53. The van der Waals surface area contributed by atoms with E-state index < -0.39 is 0 Å². The Labute approximate surface area is 128 Å². The first-order valence-corrected chi connectivity index (χ1v) is 7.79. The normalized spacial score (nSPS) is 10.7. The number of carbonyl (C=O) groups is 1. The maximum absolute atomic E-state index is 12.2. The topological polar surface area (TPSA) is 26.3 Å². The van der Waals surface area contributed by atoms with Gasteiger partial charge in [-0.25, -0.2) is 0 Å². The first-order chi connectivity index (χ1) is 10.3. The van der Waals surface area contributed by atoms with Crippen LogP contribution in [0.2, 0.25) is 0 Å². The molecule has 0 saturated heterocycles. The molecule has 0 atom stereocenters. The van der Waals surface area contributed by atoms with Crippen molar-refractivity contribution in [2.24, 2.45) is 0 Å². The second kappa shape index (κ2) is 6.10. The van der Waals surface area contributed by atoms with Crippen molar-refractivity contribution in [2.75, 3.05) is 7.11 Å². The van der Waals surface area contributed by atoms with Gasteiger partial charge in [-0.3, -0.25) is 4.79 Å². The third-order valence-electron chi connectivity index (χ3n) is 3.62. The van der Waals surface area contributed by atoms with E-state index in [-0.39, 0.29) is 5.78 Å². The Morgan fingerprint density at radius 2 is 1.95 bits per heavy atom. The Morgan fingerprint density at radius 1 is 1.10 bits per heavy atom. The van der Waals surface area contributed by atoms with E-state index in [0.29, 0.717) is 12.8 Å². The Morgan fingerprint density at radius 3 is 2.71 bits per heavy atom. The van der Waals surface area contributed by atoms with Crippen LogP contribution in [0.3, 0.4) is 0 Å². The van der Waals surface area contributed by atoms with Crippen molar-refractivity contribution in [3.8, 4) is 5.75 Å². The maximum atomic E-state index is 12.2. The van der Waals surface area contributed by atoms with Gasteiger partial charge in [0.2, 0.25) is 0 Å². The summed E-state index contributed by atoms with van der Waals surface area (Å²) in [6.07, 6.45) is 1.20. The Hall–Kier alpha value is -2.13. The lowest BCUT2D eigenvalue weighted by molar-refractivity contribution is 0.0986. The van der Waals surface area contributed by atoms with Gasteiger partial charge in [-0.1, -0.05) is 36.4 Å². The molecule has 2 nitrogen and oxygen atoms in total. The average molecular weight is 296 g/mol. The molecule has 0 unspecified atom stereocenters. The number of benzene rings is 2. The molecule has 0 N–H and O–H groups in total. The molecule has 0 saturated carbocycles. The van der Waals surface area contributed by atoms with Crippen LogP contribution < -0.4 is 4.74 Å². The molecule has 0 fully saturated rings. The number of rotatable bonds is 5. The summed E-state index contributed by atoms with van der Waals surface area (Å²) in [6, 6.07) is 16.0. The van der Waals surface area contributed by atoms with E-state index in [1.54, 1.807) is 7.11 Å². The van der Waals surface area contributed by atoms with Crippen LogP contribution in [0.15, 0.2) is 53.9 Å². The van der Waals surface area contributed by atoms with Gasteiger partial charge in [-0.05, 0) is 34.7 Å². The molecular formula is C18H16O2S. The van der Waals surface area contributed by atoms with Crippen molar-refractivity contribution < 1.29 is 9.53 Å². The third kappa shape index (κ3) is 2.83. The molecule has 0 radical (unpaired) electrons. The van der Waals surface area contributed by atoms with Gasteiger partial charge in [0, 0.05) is 12.0 Å². The minimum Gasteiger partial charge on any atom is -0.496 e. The van der Waals surface area contributed by atoms with Crippen molar-refractivity contribution in [1.82, 2.24) is 0 Å². The number of hydrogen-bond donors (Lipinski definition) is 0. The van der Waals surface area contributed by atoms with Gasteiger partial charge in [-0.15, -0.1) is 11.3 Å². The minimum atomic E-state index is 0.194. The number of fused-ring (bicyclic) bond motifs is 1. The highest BCUT2D eigenvalue weighted by Gasteiger charge is 2.12. The maximum Gasteiger partial charge on any atom is 0.173 e. The minimum absolute atomic E-state index is 0.194. The number of Topliss-reactive ketones (excluding diaryl/α,β-unsaturated/α-hetero) is 1. The summed E-state index contributed by atoms with van der Waals surface area (Å²) in [6.45, 7) is 0. The summed E-state index contributed by atoms with van der Waals surface area (Å²) in [5, 5.41) is 4.28. The summed E-state index contributed by atoms with van der Waals surface area (Å²) in [4.78, 5) is 13.0. The molecule has 3 heteroatoms. The van der Waals surface area contributed by atoms with Gasteiger partial charge in [0.05, 0.1) is 12.0 Å². The second-order valence-electron chi connectivity index (χ2n) is 4.87. The summed E-state index contributed by atoms with van der Waals surface area (Å²) < 4.78 is 5.47. The smallest absolute Gasteiger partial charge is 0.173 e. The number of hydrogen-bond acceptors (Lipinski definition) is 3. The largest absolute Gasteiger partial charge is 0.496 e. The zero-order valence-electron chi connectivity index (χ0n) is 11.8. The highest BCUT2D eigenvalue weighted by atomic mass is 32.1. The molecule has 3 rings (SSSR count). The van der Waals surface area contributed by atoms with Gasteiger partial charge in [0.1, 0.15) is 5.75 Å². The van der Waals surface area contributed by atoms with Crippen molar-refractivity contribution in [2.45, 2.75) is 12.8 Å².